The molecule has 0 saturated carbocycles. The Morgan fingerprint density at radius 2 is 1.93 bits per heavy atom. The van der Waals surface area contributed by atoms with E-state index in [-0.39, 0.29) is 11.5 Å². The van der Waals surface area contributed by atoms with E-state index in [1.807, 2.05) is 25.1 Å². The molecule has 1 aromatic carbocycles. The summed E-state index contributed by atoms with van der Waals surface area (Å²) < 4.78 is 13.9. The summed E-state index contributed by atoms with van der Waals surface area (Å²) in [5.74, 6) is 1.06. The lowest BCUT2D eigenvalue weighted by atomic mass is 10.2. The number of amides is 1. The molecule has 2 heterocycles. The Morgan fingerprint density at radius 3 is 2.59 bits per heavy atom. The monoisotopic (exact) mass is 369 g/mol. The Labute approximate surface area is 157 Å². The van der Waals surface area contributed by atoms with Crippen molar-refractivity contribution in [3.63, 3.8) is 0 Å². The molecule has 142 valence electrons. The third-order valence-electron chi connectivity index (χ3n) is 4.69. The fourth-order valence-electron chi connectivity index (χ4n) is 3.10. The van der Waals surface area contributed by atoms with Crippen LogP contribution in [-0.4, -0.2) is 29.3 Å². The third kappa shape index (κ3) is 3.40. The average molecular weight is 369 g/mol. The molecule has 1 amide bonds. The van der Waals surface area contributed by atoms with Gasteiger partial charge in [-0.3, -0.25) is 9.59 Å². The smallest absolute Gasteiger partial charge is 0.268 e. The Balaban J connectivity index is 1.86. The van der Waals surface area contributed by atoms with Gasteiger partial charge in [-0.15, -0.1) is 0 Å². The summed E-state index contributed by atoms with van der Waals surface area (Å²) in [5, 5.41) is 3.42. The third-order valence-corrected chi connectivity index (χ3v) is 4.69. The summed E-state index contributed by atoms with van der Waals surface area (Å²) in [6.45, 7) is 2.79. The maximum Gasteiger partial charge on any atom is 0.268 e. The number of nitrogens with one attached hydrogen (secondary N) is 1. The van der Waals surface area contributed by atoms with Crippen LogP contribution in [0.2, 0.25) is 0 Å². The highest BCUT2D eigenvalue weighted by molar-refractivity contribution is 5.98. The van der Waals surface area contributed by atoms with E-state index in [0.29, 0.717) is 35.7 Å². The molecule has 0 saturated heterocycles. The summed E-state index contributed by atoms with van der Waals surface area (Å²) in [4.78, 5) is 25.2. The van der Waals surface area contributed by atoms with Gasteiger partial charge in [0.05, 0.1) is 25.1 Å². The normalized spacial score (nSPS) is 10.8. The van der Waals surface area contributed by atoms with Crippen molar-refractivity contribution in [2.45, 2.75) is 20.0 Å². The van der Waals surface area contributed by atoms with Gasteiger partial charge in [0.15, 0.2) is 0 Å². The number of carbonyl (C=O) groups is 1. The van der Waals surface area contributed by atoms with Crippen molar-refractivity contribution in [3.8, 4) is 11.5 Å². The highest BCUT2D eigenvalue weighted by atomic mass is 16.5. The topological polar surface area (TPSA) is 74.5 Å². The van der Waals surface area contributed by atoms with Crippen LogP contribution in [0.4, 0.5) is 0 Å². The fraction of sp³-hybridized carbons (Fsp3) is 0.300. The van der Waals surface area contributed by atoms with Gasteiger partial charge in [0, 0.05) is 38.0 Å². The van der Waals surface area contributed by atoms with Gasteiger partial charge in [0.2, 0.25) is 0 Å². The van der Waals surface area contributed by atoms with Crippen molar-refractivity contribution < 1.29 is 14.3 Å². The van der Waals surface area contributed by atoms with E-state index in [0.717, 1.165) is 11.1 Å². The van der Waals surface area contributed by atoms with Gasteiger partial charge >= 0.3 is 0 Å². The zero-order valence-corrected chi connectivity index (χ0v) is 15.9. The summed E-state index contributed by atoms with van der Waals surface area (Å²) >= 11 is 0. The number of methoxy groups -OCH3 is 2. The lowest BCUT2D eigenvalue weighted by molar-refractivity contribution is 0.0943. The van der Waals surface area contributed by atoms with Gasteiger partial charge in [-0.2, -0.15) is 0 Å². The maximum atomic E-state index is 12.7. The largest absolute Gasteiger partial charge is 0.497 e. The van der Waals surface area contributed by atoms with Crippen LogP contribution >= 0.6 is 0 Å². The van der Waals surface area contributed by atoms with Gasteiger partial charge in [0.25, 0.3) is 11.5 Å². The van der Waals surface area contributed by atoms with E-state index < -0.39 is 0 Å². The molecule has 0 aliphatic heterocycles. The molecule has 0 atom stereocenters. The number of ether oxygens (including phenoxy) is 2. The van der Waals surface area contributed by atoms with Crippen LogP contribution in [0.25, 0.3) is 10.9 Å². The first kappa shape index (κ1) is 18.6. The van der Waals surface area contributed by atoms with Crippen LogP contribution in [0, 0.1) is 0 Å². The van der Waals surface area contributed by atoms with Crippen molar-refractivity contribution in [1.82, 2.24) is 14.5 Å². The van der Waals surface area contributed by atoms with Gasteiger partial charge in [-0.25, -0.2) is 0 Å². The Bertz CT molecular complexity index is 1050. The molecule has 7 heteroatoms. The minimum Gasteiger partial charge on any atom is -0.497 e. The van der Waals surface area contributed by atoms with Crippen LogP contribution < -0.4 is 20.3 Å². The number of pyridine rings is 1. The summed E-state index contributed by atoms with van der Waals surface area (Å²) in [6.07, 6.45) is 1.74. The first-order chi connectivity index (χ1) is 13.0. The molecule has 2 aromatic heterocycles. The molecule has 0 unspecified atom stereocenters. The Hall–Kier alpha value is -3.22. The molecule has 0 radical (unpaired) electrons. The first-order valence-electron chi connectivity index (χ1n) is 8.68. The molecular formula is C20H23N3O4. The van der Waals surface area contributed by atoms with Crippen molar-refractivity contribution in [2.75, 3.05) is 14.2 Å². The standard InChI is InChI=1S/C20H23N3O4/c1-5-23-9-8-16-15(20(23)25)11-17(22(16)2)19(24)21-12-13-6-7-14(26-3)10-18(13)27-4/h6-11H,5,12H2,1-4H3,(H,21,24). The van der Waals surface area contributed by atoms with Crippen LogP contribution in [0.15, 0.2) is 41.3 Å². The second kappa shape index (κ2) is 7.57. The van der Waals surface area contributed by atoms with Gasteiger partial charge < -0.3 is 23.9 Å². The number of hydrogen-bond acceptors (Lipinski definition) is 4. The number of carbonyl (C=O) groups excluding carboxylic acids is 1. The number of benzene rings is 1. The van der Waals surface area contributed by atoms with E-state index in [1.165, 1.54) is 0 Å². The highest BCUT2D eigenvalue weighted by Gasteiger charge is 2.16. The molecule has 3 aromatic rings. The van der Waals surface area contributed by atoms with E-state index in [9.17, 15) is 9.59 Å². The average Bonchev–Trinajstić information content (AvgIpc) is 3.04. The number of rotatable bonds is 6. The molecule has 1 N–H and O–H groups in total. The van der Waals surface area contributed by atoms with Crippen molar-refractivity contribution >= 4 is 16.8 Å². The van der Waals surface area contributed by atoms with E-state index in [1.54, 1.807) is 48.7 Å². The van der Waals surface area contributed by atoms with Crippen molar-refractivity contribution in [3.05, 3.63) is 58.1 Å². The number of fused-ring (bicyclic) bond motifs is 1. The molecule has 7 nitrogen and oxygen atoms in total. The second-order valence-electron chi connectivity index (χ2n) is 6.15. The molecule has 0 spiro atoms. The van der Waals surface area contributed by atoms with E-state index >= 15 is 0 Å². The lowest BCUT2D eigenvalue weighted by Gasteiger charge is -2.11. The second-order valence-corrected chi connectivity index (χ2v) is 6.15. The van der Waals surface area contributed by atoms with Crippen LogP contribution in [-0.2, 0) is 20.1 Å². The zero-order valence-electron chi connectivity index (χ0n) is 15.9. The number of nitrogens with zero attached hydrogens (tertiary/aromatic N) is 2. The molecule has 0 bridgehead atoms. The Morgan fingerprint density at radius 1 is 1.15 bits per heavy atom. The molecule has 0 aliphatic rings. The zero-order chi connectivity index (χ0) is 19.6. The highest BCUT2D eigenvalue weighted by Crippen LogP contribution is 2.24. The van der Waals surface area contributed by atoms with Crippen LogP contribution in [0.3, 0.4) is 0 Å². The lowest BCUT2D eigenvalue weighted by Crippen LogP contribution is -2.25. The number of aryl methyl sites for hydroxylation is 2. The summed E-state index contributed by atoms with van der Waals surface area (Å²) in [5.41, 5.74) is 1.90. The van der Waals surface area contributed by atoms with Crippen molar-refractivity contribution in [1.29, 1.82) is 0 Å². The Kier molecular flexibility index (Phi) is 5.21. The molecular weight excluding hydrogens is 346 g/mol. The number of hydrogen-bond donors (Lipinski definition) is 1. The number of aromatic nitrogens is 2. The molecule has 27 heavy (non-hydrogen) atoms. The van der Waals surface area contributed by atoms with Gasteiger partial charge in [0.1, 0.15) is 17.2 Å². The maximum absolute atomic E-state index is 12.7. The predicted octanol–water partition coefficient (Wildman–Crippen LogP) is 2.31. The molecule has 3 rings (SSSR count). The van der Waals surface area contributed by atoms with Crippen molar-refractivity contribution in [2.24, 2.45) is 7.05 Å². The first-order valence-corrected chi connectivity index (χ1v) is 8.68. The van der Waals surface area contributed by atoms with Gasteiger partial charge in [-0.1, -0.05) is 0 Å². The fourth-order valence-corrected chi connectivity index (χ4v) is 3.10. The van der Waals surface area contributed by atoms with Crippen LogP contribution in [0.1, 0.15) is 23.0 Å². The quantitative estimate of drug-likeness (QED) is 0.724. The van der Waals surface area contributed by atoms with Crippen LogP contribution in [0.5, 0.6) is 11.5 Å². The van der Waals surface area contributed by atoms with E-state index in [4.69, 9.17) is 9.47 Å². The van der Waals surface area contributed by atoms with E-state index in [2.05, 4.69) is 5.32 Å². The summed E-state index contributed by atoms with van der Waals surface area (Å²) in [7, 11) is 4.94. The van der Waals surface area contributed by atoms with Gasteiger partial charge in [-0.05, 0) is 31.2 Å². The minimum atomic E-state index is -0.256. The minimum absolute atomic E-state index is 0.0959. The predicted molar refractivity (Wildman–Crippen MR) is 104 cm³/mol. The summed E-state index contributed by atoms with van der Waals surface area (Å²) in [6, 6.07) is 8.92. The molecule has 0 aliphatic carbocycles. The molecule has 0 fully saturated rings. The SMILES string of the molecule is CCn1ccc2c(cc(C(=O)NCc3ccc(OC)cc3OC)n2C)c1=O.